The molecule has 0 radical (unpaired) electrons. The van der Waals surface area contributed by atoms with Crippen LogP contribution in [-0.4, -0.2) is 58.8 Å². The van der Waals surface area contributed by atoms with Crippen molar-refractivity contribution in [1.29, 1.82) is 0 Å². The van der Waals surface area contributed by atoms with Gasteiger partial charge in [0.15, 0.2) is 13.2 Å². The van der Waals surface area contributed by atoms with E-state index >= 15 is 0 Å². The second-order valence-corrected chi connectivity index (χ2v) is 11.5. The Morgan fingerprint density at radius 3 is 1.51 bits per heavy atom. The van der Waals surface area contributed by atoms with Crippen molar-refractivity contribution >= 4 is 11.8 Å². The standard InChI is InChI=1S/C15H20F3NO3.C10H12F3NO.C5H11NO2/c1-10(19-13(20)8-14(2,3)21)11-5-4-6-12(7-11)22-9-15(16,17)18;1-7(14)8-3-2-4-9(5-8)15-6-10(11,12)13;1-5(2,8)3-4(6)7/h4-7,10,21H,8-9H2,1-3H3,(H,19,20);2-5,7H,6,14H2,1H3;8H,3H2,1-2H3,(H2,6,7)/t10-;7-;/m00./s1. The van der Waals surface area contributed by atoms with E-state index in [1.807, 2.05) is 0 Å². The molecule has 0 unspecified atom stereocenters. The first-order chi connectivity index (χ1) is 20.3. The molecule has 0 aromatic heterocycles. The molecule has 2 amide bonds. The molecule has 45 heavy (non-hydrogen) atoms. The highest BCUT2D eigenvalue weighted by Crippen LogP contribution is 2.23. The molecule has 256 valence electrons. The number of hydrogen-bond acceptors (Lipinski definition) is 7. The number of hydrogen-bond donors (Lipinski definition) is 5. The molecule has 0 fully saturated rings. The van der Waals surface area contributed by atoms with Crippen LogP contribution < -0.4 is 26.3 Å². The summed E-state index contributed by atoms with van der Waals surface area (Å²) >= 11 is 0. The highest BCUT2D eigenvalue weighted by Gasteiger charge is 2.29. The van der Waals surface area contributed by atoms with Gasteiger partial charge in [-0.3, -0.25) is 9.59 Å². The lowest BCUT2D eigenvalue weighted by Gasteiger charge is -2.20. The number of ether oxygens (including phenoxy) is 2. The number of primary amides is 1. The number of nitrogens with two attached hydrogens (primary N) is 2. The van der Waals surface area contributed by atoms with Crippen molar-refractivity contribution in [3.8, 4) is 11.5 Å². The number of amides is 2. The van der Waals surface area contributed by atoms with Crippen molar-refractivity contribution in [2.75, 3.05) is 13.2 Å². The molecule has 7 N–H and O–H groups in total. The fourth-order valence-corrected chi connectivity index (χ4v) is 3.29. The smallest absolute Gasteiger partial charge is 0.422 e. The summed E-state index contributed by atoms with van der Waals surface area (Å²) in [5.41, 5.74) is 9.65. The summed E-state index contributed by atoms with van der Waals surface area (Å²) in [5, 5.41) is 21.1. The first-order valence-electron chi connectivity index (χ1n) is 13.6. The quantitative estimate of drug-likeness (QED) is 0.207. The van der Waals surface area contributed by atoms with Crippen LogP contribution in [0.4, 0.5) is 26.3 Å². The van der Waals surface area contributed by atoms with Crippen LogP contribution in [0.5, 0.6) is 11.5 Å². The van der Waals surface area contributed by atoms with Crippen LogP contribution >= 0.6 is 0 Å². The Labute approximate surface area is 258 Å². The van der Waals surface area contributed by atoms with Gasteiger partial charge < -0.3 is 36.5 Å². The zero-order valence-electron chi connectivity index (χ0n) is 26.1. The number of benzene rings is 2. The monoisotopic (exact) mass is 655 g/mol. The van der Waals surface area contributed by atoms with E-state index in [4.69, 9.17) is 16.6 Å². The zero-order valence-corrected chi connectivity index (χ0v) is 26.1. The maximum Gasteiger partial charge on any atom is 0.422 e. The van der Waals surface area contributed by atoms with Crippen molar-refractivity contribution < 1.29 is 55.6 Å². The summed E-state index contributed by atoms with van der Waals surface area (Å²) in [6.45, 7) is 6.92. The second-order valence-electron chi connectivity index (χ2n) is 11.5. The maximum atomic E-state index is 12.1. The third kappa shape index (κ3) is 23.5. The third-order valence-corrected chi connectivity index (χ3v) is 5.12. The average molecular weight is 656 g/mol. The van der Waals surface area contributed by atoms with Gasteiger partial charge in [-0.2, -0.15) is 26.3 Å². The van der Waals surface area contributed by atoms with Gasteiger partial charge in [-0.1, -0.05) is 24.3 Å². The molecule has 2 aromatic rings. The minimum absolute atomic E-state index is 0.0208. The minimum atomic E-state index is -4.40. The van der Waals surface area contributed by atoms with E-state index in [2.05, 4.69) is 14.8 Å². The van der Waals surface area contributed by atoms with Crippen LogP contribution in [0.2, 0.25) is 0 Å². The SMILES string of the molecule is CC(C)(O)CC(N)=O.C[C@H](N)c1cccc(OCC(F)(F)F)c1.C[C@H](NC(=O)CC(C)(C)O)c1cccc(OCC(F)(F)F)c1. The maximum absolute atomic E-state index is 12.1. The van der Waals surface area contributed by atoms with Crippen LogP contribution in [0.25, 0.3) is 0 Å². The van der Waals surface area contributed by atoms with Gasteiger partial charge in [0, 0.05) is 6.04 Å². The van der Waals surface area contributed by atoms with E-state index in [1.54, 1.807) is 38.1 Å². The van der Waals surface area contributed by atoms with E-state index in [-0.39, 0.29) is 36.3 Å². The van der Waals surface area contributed by atoms with Crippen LogP contribution in [-0.2, 0) is 9.59 Å². The Morgan fingerprint density at radius 1 is 0.778 bits per heavy atom. The van der Waals surface area contributed by atoms with E-state index in [0.29, 0.717) is 5.56 Å². The molecule has 0 aliphatic rings. The lowest BCUT2D eigenvalue weighted by molar-refractivity contribution is -0.154. The molecule has 2 atom stereocenters. The predicted molar refractivity (Wildman–Crippen MR) is 156 cm³/mol. The minimum Gasteiger partial charge on any atom is -0.484 e. The fraction of sp³-hybridized carbons (Fsp3) is 0.533. The predicted octanol–water partition coefficient (Wildman–Crippen LogP) is 5.25. The summed E-state index contributed by atoms with van der Waals surface area (Å²) in [4.78, 5) is 21.8. The molecule has 0 spiro atoms. The normalized spacial score (nSPS) is 13.2. The summed E-state index contributed by atoms with van der Waals surface area (Å²) in [5.74, 6) is -0.556. The van der Waals surface area contributed by atoms with Gasteiger partial charge in [-0.25, -0.2) is 0 Å². The molecule has 0 aliphatic heterocycles. The topological polar surface area (TPSA) is 157 Å². The lowest BCUT2D eigenvalue weighted by atomic mass is 10.0. The largest absolute Gasteiger partial charge is 0.484 e. The number of aliphatic hydroxyl groups is 2. The Kier molecular flexibility index (Phi) is 16.4. The van der Waals surface area contributed by atoms with Gasteiger partial charge in [-0.15, -0.1) is 0 Å². The molecule has 0 aliphatic carbocycles. The first-order valence-corrected chi connectivity index (χ1v) is 13.6. The van der Waals surface area contributed by atoms with E-state index < -0.39 is 48.7 Å². The van der Waals surface area contributed by atoms with E-state index in [0.717, 1.165) is 5.56 Å². The Bertz CT molecular complexity index is 1190. The third-order valence-electron chi connectivity index (χ3n) is 5.12. The molecule has 2 rings (SSSR count). The highest BCUT2D eigenvalue weighted by molar-refractivity contribution is 5.77. The number of halogens is 6. The van der Waals surface area contributed by atoms with Gasteiger partial charge in [0.05, 0.1) is 30.1 Å². The van der Waals surface area contributed by atoms with Crippen molar-refractivity contribution in [3.05, 3.63) is 59.7 Å². The van der Waals surface area contributed by atoms with Crippen LogP contribution in [0.3, 0.4) is 0 Å². The zero-order chi connectivity index (χ0) is 35.2. The number of rotatable bonds is 11. The van der Waals surface area contributed by atoms with Crippen LogP contribution in [0.15, 0.2) is 48.5 Å². The van der Waals surface area contributed by atoms with Gasteiger partial charge >= 0.3 is 12.4 Å². The summed E-state index contributed by atoms with van der Waals surface area (Å²) in [7, 11) is 0. The van der Waals surface area contributed by atoms with Crippen molar-refractivity contribution in [2.45, 2.75) is 90.0 Å². The van der Waals surface area contributed by atoms with Gasteiger partial charge in [-0.05, 0) is 76.9 Å². The van der Waals surface area contributed by atoms with Crippen LogP contribution in [0.1, 0.15) is 77.6 Å². The second kappa shape index (κ2) is 17.8. The number of carbonyl (C=O) groups excluding carboxylic acids is 2. The molecule has 9 nitrogen and oxygen atoms in total. The number of alkyl halides is 6. The first kappa shape index (κ1) is 41.4. The molecule has 0 saturated heterocycles. The van der Waals surface area contributed by atoms with Gasteiger partial charge in [0.1, 0.15) is 11.5 Å². The van der Waals surface area contributed by atoms with Crippen molar-refractivity contribution in [1.82, 2.24) is 5.32 Å². The fourth-order valence-electron chi connectivity index (χ4n) is 3.29. The van der Waals surface area contributed by atoms with Crippen molar-refractivity contribution in [3.63, 3.8) is 0 Å². The highest BCUT2D eigenvalue weighted by atomic mass is 19.4. The summed E-state index contributed by atoms with van der Waals surface area (Å²) < 4.78 is 81.2. The molecule has 0 saturated carbocycles. The Balaban J connectivity index is 0.000000724. The molecular weight excluding hydrogens is 612 g/mol. The Hall–Kier alpha value is -3.56. The summed E-state index contributed by atoms with van der Waals surface area (Å²) in [6, 6.07) is 11.8. The number of carbonyl (C=O) groups is 2. The Morgan fingerprint density at radius 2 is 1.18 bits per heavy atom. The molecule has 0 bridgehead atoms. The van der Waals surface area contributed by atoms with Gasteiger partial charge in [0.25, 0.3) is 0 Å². The van der Waals surface area contributed by atoms with Crippen LogP contribution in [0, 0.1) is 0 Å². The molecule has 0 heterocycles. The van der Waals surface area contributed by atoms with E-state index in [9.17, 15) is 41.0 Å². The lowest BCUT2D eigenvalue weighted by Crippen LogP contribution is -2.33. The molecular formula is C30H43F6N3O6. The molecule has 15 heteroatoms. The van der Waals surface area contributed by atoms with Gasteiger partial charge in [0.2, 0.25) is 11.8 Å². The summed E-state index contributed by atoms with van der Waals surface area (Å²) in [6.07, 6.45) is -8.76. The molecule has 2 aromatic carbocycles. The number of nitrogens with one attached hydrogen (secondary N) is 1. The average Bonchev–Trinajstić information content (AvgIpc) is 2.84. The van der Waals surface area contributed by atoms with E-state index in [1.165, 1.54) is 52.0 Å². The van der Waals surface area contributed by atoms with Crippen molar-refractivity contribution in [2.24, 2.45) is 11.5 Å².